The number of carboxylic acid groups (broad SMARTS) is 1. The molecule has 2 N–H and O–H groups in total. The van der Waals surface area contributed by atoms with Gasteiger partial charge in [0.1, 0.15) is 0 Å². The number of carbonyl (C=O) groups excluding carboxylic acids is 1. The molecule has 1 unspecified atom stereocenters. The van der Waals surface area contributed by atoms with Crippen LogP contribution in [-0.4, -0.2) is 24.8 Å². The first-order valence-corrected chi connectivity index (χ1v) is 4.63. The summed E-state index contributed by atoms with van der Waals surface area (Å²) in [5, 5.41) is 9.57. The van der Waals surface area contributed by atoms with Crippen molar-refractivity contribution in [3.05, 3.63) is 35.9 Å². The van der Waals surface area contributed by atoms with Gasteiger partial charge in [-0.2, -0.15) is 0 Å². The quantitative estimate of drug-likeness (QED) is 0.752. The number of nitrogens with one attached hydrogen (secondary N) is 1. The second-order valence-electron chi connectivity index (χ2n) is 2.87. The lowest BCUT2D eigenvalue weighted by atomic mass is 10.1. The van der Waals surface area contributed by atoms with Crippen LogP contribution >= 0.6 is 0 Å². The zero-order chi connectivity index (χ0) is 12.4. The van der Waals surface area contributed by atoms with Crippen molar-refractivity contribution < 1.29 is 19.4 Å². The van der Waals surface area contributed by atoms with Crippen LogP contribution in [0.1, 0.15) is 18.5 Å². The van der Waals surface area contributed by atoms with E-state index in [0.29, 0.717) is 0 Å². The van der Waals surface area contributed by atoms with E-state index in [0.717, 1.165) is 5.56 Å². The average Bonchev–Trinajstić information content (AvgIpc) is 2.31. The molecule has 5 heteroatoms. The van der Waals surface area contributed by atoms with Gasteiger partial charge in [0.2, 0.25) is 0 Å². The minimum absolute atomic E-state index is 0.0198. The first-order valence-electron chi connectivity index (χ1n) is 4.63. The summed E-state index contributed by atoms with van der Waals surface area (Å²) in [4.78, 5) is 19.2. The predicted octanol–water partition coefficient (Wildman–Crippen LogP) is 1.80. The normalized spacial score (nSPS) is 10.4. The molecule has 0 aliphatic rings. The van der Waals surface area contributed by atoms with Crippen molar-refractivity contribution in [2.24, 2.45) is 0 Å². The van der Waals surface area contributed by atoms with E-state index in [-0.39, 0.29) is 12.5 Å². The van der Waals surface area contributed by atoms with Crippen molar-refractivity contribution in [3.63, 3.8) is 0 Å². The highest BCUT2D eigenvalue weighted by atomic mass is 16.5. The summed E-state index contributed by atoms with van der Waals surface area (Å²) < 4.78 is 4.49. The first-order chi connectivity index (χ1) is 7.65. The van der Waals surface area contributed by atoms with Gasteiger partial charge in [0.05, 0.1) is 13.2 Å². The fraction of sp³-hybridized carbons (Fsp3) is 0.273. The Hall–Kier alpha value is -2.04. The van der Waals surface area contributed by atoms with Crippen LogP contribution in [0.25, 0.3) is 0 Å². The molecular weight excluding hydrogens is 210 g/mol. The third kappa shape index (κ3) is 5.64. The first kappa shape index (κ1) is 14.0. The van der Waals surface area contributed by atoms with Gasteiger partial charge in [0, 0.05) is 0 Å². The zero-order valence-corrected chi connectivity index (χ0v) is 9.21. The molecule has 1 aromatic rings. The van der Waals surface area contributed by atoms with Crippen LogP contribution in [0.15, 0.2) is 30.3 Å². The topological polar surface area (TPSA) is 75.6 Å². The molecule has 0 fully saturated rings. The monoisotopic (exact) mass is 225 g/mol. The van der Waals surface area contributed by atoms with Crippen LogP contribution in [0.5, 0.6) is 0 Å². The minimum atomic E-state index is -0.406. The van der Waals surface area contributed by atoms with E-state index < -0.39 is 6.09 Å². The lowest BCUT2D eigenvalue weighted by molar-refractivity contribution is -0.122. The third-order valence-electron chi connectivity index (χ3n) is 1.82. The molecule has 0 heterocycles. The van der Waals surface area contributed by atoms with E-state index in [9.17, 15) is 4.79 Å². The van der Waals surface area contributed by atoms with Crippen LogP contribution in [0.3, 0.4) is 0 Å². The van der Waals surface area contributed by atoms with Crippen molar-refractivity contribution in [2.75, 3.05) is 7.11 Å². The molecule has 88 valence electrons. The van der Waals surface area contributed by atoms with Gasteiger partial charge in [-0.15, -0.1) is 0 Å². The molecule has 0 radical (unpaired) electrons. The number of rotatable bonds is 2. The number of hydrogen-bond donors (Lipinski definition) is 2. The number of hydrogen-bond acceptors (Lipinski definition) is 3. The second-order valence-corrected chi connectivity index (χ2v) is 2.87. The summed E-state index contributed by atoms with van der Waals surface area (Å²) in [7, 11) is 1.35. The highest BCUT2D eigenvalue weighted by molar-refractivity contribution is 5.67. The largest absolute Gasteiger partial charge is 0.483 e. The van der Waals surface area contributed by atoms with E-state index in [1.54, 1.807) is 0 Å². The number of amides is 1. The summed E-state index contributed by atoms with van der Waals surface area (Å²) in [6.07, 6.45) is -0.406. The van der Waals surface area contributed by atoms with Crippen molar-refractivity contribution in [2.45, 2.75) is 13.0 Å². The van der Waals surface area contributed by atoms with Crippen molar-refractivity contribution in [1.82, 2.24) is 5.32 Å². The van der Waals surface area contributed by atoms with Crippen molar-refractivity contribution in [1.29, 1.82) is 0 Å². The number of benzene rings is 1. The average molecular weight is 225 g/mol. The standard InChI is InChI=1S/C10H13NO2.CH2O2/c1-8(11-10(12)13-2)9-6-4-3-5-7-9;2-1-3/h3-8H,1-2H3,(H,11,12);1H,(H,2,3). The Labute approximate surface area is 94.0 Å². The lowest BCUT2D eigenvalue weighted by Crippen LogP contribution is -2.26. The Morgan fingerprint density at radius 1 is 1.44 bits per heavy atom. The Balaban J connectivity index is 0.000000673. The SMILES string of the molecule is COC(=O)NC(C)c1ccccc1.O=CO. The van der Waals surface area contributed by atoms with Gasteiger partial charge in [-0.3, -0.25) is 4.79 Å². The number of ether oxygens (including phenoxy) is 1. The zero-order valence-electron chi connectivity index (χ0n) is 9.21. The summed E-state index contributed by atoms with van der Waals surface area (Å²) in [5.74, 6) is 0. The summed E-state index contributed by atoms with van der Waals surface area (Å²) in [6.45, 7) is 1.66. The number of methoxy groups -OCH3 is 1. The molecule has 5 nitrogen and oxygen atoms in total. The molecule has 1 aromatic carbocycles. The molecule has 0 bridgehead atoms. The molecule has 0 aliphatic heterocycles. The summed E-state index contributed by atoms with van der Waals surface area (Å²) in [6, 6.07) is 9.71. The van der Waals surface area contributed by atoms with E-state index in [4.69, 9.17) is 9.90 Å². The molecule has 1 amide bonds. The molecule has 0 saturated heterocycles. The van der Waals surface area contributed by atoms with Crippen molar-refractivity contribution >= 4 is 12.6 Å². The fourth-order valence-electron chi connectivity index (χ4n) is 1.06. The highest BCUT2D eigenvalue weighted by Crippen LogP contribution is 2.10. The molecule has 1 rings (SSSR count). The van der Waals surface area contributed by atoms with E-state index >= 15 is 0 Å². The van der Waals surface area contributed by atoms with Gasteiger partial charge in [0.15, 0.2) is 0 Å². The minimum Gasteiger partial charge on any atom is -0.483 e. The van der Waals surface area contributed by atoms with Crippen LogP contribution < -0.4 is 5.32 Å². The Morgan fingerprint density at radius 2 is 1.94 bits per heavy atom. The molecule has 16 heavy (non-hydrogen) atoms. The van der Waals surface area contributed by atoms with Gasteiger partial charge in [-0.1, -0.05) is 30.3 Å². The maximum Gasteiger partial charge on any atom is 0.407 e. The molecule has 0 spiro atoms. The Morgan fingerprint density at radius 3 is 2.38 bits per heavy atom. The van der Waals surface area contributed by atoms with Crippen molar-refractivity contribution in [3.8, 4) is 0 Å². The molecule has 0 saturated carbocycles. The van der Waals surface area contributed by atoms with Gasteiger partial charge in [-0.05, 0) is 12.5 Å². The second kappa shape index (κ2) is 8.28. The summed E-state index contributed by atoms with van der Waals surface area (Å²) in [5.41, 5.74) is 1.06. The Kier molecular flexibility index (Phi) is 7.23. The van der Waals surface area contributed by atoms with Crippen LogP contribution in [0, 0.1) is 0 Å². The van der Waals surface area contributed by atoms with Crippen LogP contribution in [0.4, 0.5) is 4.79 Å². The maximum atomic E-state index is 10.9. The Bertz CT molecular complexity index is 313. The fourth-order valence-corrected chi connectivity index (χ4v) is 1.06. The molecule has 1 atom stereocenters. The number of carbonyl (C=O) groups is 2. The van der Waals surface area contributed by atoms with Gasteiger partial charge >= 0.3 is 6.09 Å². The molecule has 0 aliphatic carbocycles. The van der Waals surface area contributed by atoms with E-state index in [1.165, 1.54) is 7.11 Å². The molecule has 0 aromatic heterocycles. The third-order valence-corrected chi connectivity index (χ3v) is 1.82. The maximum absolute atomic E-state index is 10.9. The van der Waals surface area contributed by atoms with Gasteiger partial charge < -0.3 is 15.2 Å². The van der Waals surface area contributed by atoms with E-state index in [1.807, 2.05) is 37.3 Å². The number of alkyl carbamates (subject to hydrolysis) is 1. The highest BCUT2D eigenvalue weighted by Gasteiger charge is 2.07. The summed E-state index contributed by atoms with van der Waals surface area (Å²) >= 11 is 0. The van der Waals surface area contributed by atoms with Gasteiger partial charge in [-0.25, -0.2) is 4.79 Å². The van der Waals surface area contributed by atoms with Crippen LogP contribution in [-0.2, 0) is 9.53 Å². The van der Waals surface area contributed by atoms with Crippen LogP contribution in [0.2, 0.25) is 0 Å². The molecular formula is C11H15NO4. The van der Waals surface area contributed by atoms with E-state index in [2.05, 4.69) is 10.1 Å². The lowest BCUT2D eigenvalue weighted by Gasteiger charge is -2.12. The predicted molar refractivity (Wildman–Crippen MR) is 59.1 cm³/mol. The smallest absolute Gasteiger partial charge is 0.407 e. The van der Waals surface area contributed by atoms with Gasteiger partial charge in [0.25, 0.3) is 6.47 Å².